The number of nitrogens with zero attached hydrogens (tertiary/aromatic N) is 2. The van der Waals surface area contributed by atoms with E-state index >= 15 is 0 Å². The number of hydrogen-bond donors (Lipinski definition) is 1. The molecule has 1 aliphatic rings. The minimum absolute atomic E-state index is 0.0243. The zero-order valence-electron chi connectivity index (χ0n) is 15.8. The Kier molecular flexibility index (Phi) is 4.90. The normalized spacial score (nSPS) is 13.4. The maximum Gasteiger partial charge on any atom is 0.217 e. The van der Waals surface area contributed by atoms with E-state index in [-0.39, 0.29) is 5.56 Å². The van der Waals surface area contributed by atoms with Crippen LogP contribution in [0.25, 0.3) is 11.3 Å². The van der Waals surface area contributed by atoms with Crippen LogP contribution in [-0.2, 0) is 13.0 Å². The molecule has 0 radical (unpaired) electrons. The van der Waals surface area contributed by atoms with E-state index in [0.717, 1.165) is 29.9 Å². The van der Waals surface area contributed by atoms with Gasteiger partial charge in [0.2, 0.25) is 5.88 Å². The van der Waals surface area contributed by atoms with Gasteiger partial charge in [-0.3, -0.25) is 0 Å². The van der Waals surface area contributed by atoms with Gasteiger partial charge >= 0.3 is 0 Å². The number of aromatic amines is 1. The average molecular weight is 385 g/mol. The topological polar surface area (TPSA) is 50.4 Å². The number of benzene rings is 1. The van der Waals surface area contributed by atoms with Gasteiger partial charge in [-0.05, 0) is 30.7 Å². The van der Waals surface area contributed by atoms with Crippen LogP contribution in [0.15, 0.2) is 36.5 Å². The fourth-order valence-electron chi connectivity index (χ4n) is 3.57. The zero-order chi connectivity index (χ0) is 19.7. The highest BCUT2D eigenvalue weighted by molar-refractivity contribution is 5.65. The van der Waals surface area contributed by atoms with Crippen molar-refractivity contribution >= 4 is 5.69 Å². The van der Waals surface area contributed by atoms with Crippen LogP contribution in [0, 0.1) is 11.6 Å². The van der Waals surface area contributed by atoms with Crippen molar-refractivity contribution < 1.29 is 18.3 Å². The van der Waals surface area contributed by atoms with Crippen LogP contribution in [0.5, 0.6) is 11.6 Å². The standard InChI is InChI=1S/C21H21F2N3O2/c1-3-28-20-10-19(27-2)18(11-24-20)26-8-7-16-13(12-26)9-17(25-16)21-14(22)5-4-6-15(21)23/h4-6,9-11,25H,3,7-8,12H2,1-2H3. The lowest BCUT2D eigenvalue weighted by atomic mass is 10.1. The number of halogens is 2. The smallest absolute Gasteiger partial charge is 0.217 e. The van der Waals surface area contributed by atoms with Crippen LogP contribution in [0.1, 0.15) is 18.2 Å². The van der Waals surface area contributed by atoms with E-state index in [2.05, 4.69) is 14.9 Å². The van der Waals surface area contributed by atoms with Crippen molar-refractivity contribution in [1.82, 2.24) is 9.97 Å². The highest BCUT2D eigenvalue weighted by Crippen LogP contribution is 2.35. The van der Waals surface area contributed by atoms with Gasteiger partial charge in [-0.2, -0.15) is 0 Å². The number of nitrogens with one attached hydrogen (secondary N) is 1. The first-order valence-electron chi connectivity index (χ1n) is 9.17. The highest BCUT2D eigenvalue weighted by atomic mass is 19.1. The minimum Gasteiger partial charge on any atom is -0.494 e. The molecule has 146 valence electrons. The lowest BCUT2D eigenvalue weighted by Crippen LogP contribution is -2.30. The molecule has 0 saturated carbocycles. The number of hydrogen-bond acceptors (Lipinski definition) is 4. The summed E-state index contributed by atoms with van der Waals surface area (Å²) in [5, 5.41) is 0. The largest absolute Gasteiger partial charge is 0.494 e. The fourth-order valence-corrected chi connectivity index (χ4v) is 3.57. The quantitative estimate of drug-likeness (QED) is 0.711. The number of rotatable bonds is 5. The summed E-state index contributed by atoms with van der Waals surface area (Å²) < 4.78 is 39.2. The number of pyridine rings is 1. The Labute approximate surface area is 161 Å². The predicted octanol–water partition coefficient (Wildman–Crippen LogP) is 4.32. The molecule has 7 heteroatoms. The van der Waals surface area contributed by atoms with Crippen LogP contribution in [0.2, 0.25) is 0 Å². The molecule has 0 saturated heterocycles. The molecule has 28 heavy (non-hydrogen) atoms. The average Bonchev–Trinajstić information content (AvgIpc) is 3.10. The predicted molar refractivity (Wildman–Crippen MR) is 103 cm³/mol. The second kappa shape index (κ2) is 7.50. The molecule has 0 spiro atoms. The van der Waals surface area contributed by atoms with Crippen molar-refractivity contribution in [2.75, 3.05) is 25.2 Å². The monoisotopic (exact) mass is 385 g/mol. The third kappa shape index (κ3) is 3.28. The molecule has 1 aliphatic heterocycles. The number of ether oxygens (including phenoxy) is 2. The van der Waals surface area contributed by atoms with E-state index in [1.165, 1.54) is 18.2 Å². The summed E-state index contributed by atoms with van der Waals surface area (Å²) in [7, 11) is 1.61. The van der Waals surface area contributed by atoms with Gasteiger partial charge in [-0.1, -0.05) is 6.07 Å². The summed E-state index contributed by atoms with van der Waals surface area (Å²) >= 11 is 0. The van der Waals surface area contributed by atoms with Crippen molar-refractivity contribution in [1.29, 1.82) is 0 Å². The molecule has 3 aromatic rings. The van der Waals surface area contributed by atoms with Crippen molar-refractivity contribution in [2.45, 2.75) is 19.9 Å². The lowest BCUT2D eigenvalue weighted by molar-refractivity contribution is 0.323. The Morgan fingerprint density at radius 2 is 2.00 bits per heavy atom. The number of anilines is 1. The van der Waals surface area contributed by atoms with Gasteiger partial charge in [0.05, 0.1) is 36.9 Å². The van der Waals surface area contributed by atoms with Gasteiger partial charge < -0.3 is 19.4 Å². The van der Waals surface area contributed by atoms with E-state index in [9.17, 15) is 8.78 Å². The maximum absolute atomic E-state index is 14.1. The summed E-state index contributed by atoms with van der Waals surface area (Å²) in [4.78, 5) is 9.66. The van der Waals surface area contributed by atoms with Gasteiger partial charge in [0.15, 0.2) is 0 Å². The molecule has 2 aromatic heterocycles. The van der Waals surface area contributed by atoms with E-state index in [0.29, 0.717) is 30.5 Å². The van der Waals surface area contributed by atoms with E-state index in [1.54, 1.807) is 19.4 Å². The summed E-state index contributed by atoms with van der Waals surface area (Å²) in [6.07, 6.45) is 2.46. The first kappa shape index (κ1) is 18.3. The van der Waals surface area contributed by atoms with Gasteiger partial charge in [0, 0.05) is 31.3 Å². The molecule has 0 aliphatic carbocycles. The fraction of sp³-hybridized carbons (Fsp3) is 0.286. The Balaban J connectivity index is 1.63. The first-order chi connectivity index (χ1) is 13.6. The Morgan fingerprint density at radius 3 is 2.71 bits per heavy atom. The molecule has 0 amide bonds. The Bertz CT molecular complexity index is 983. The molecule has 0 bridgehead atoms. The summed E-state index contributed by atoms with van der Waals surface area (Å²) in [5.74, 6) is 0.0400. The van der Waals surface area contributed by atoms with E-state index < -0.39 is 11.6 Å². The molecule has 5 nitrogen and oxygen atoms in total. The second-order valence-electron chi connectivity index (χ2n) is 6.58. The molecule has 1 N–H and O–H groups in total. The van der Waals surface area contributed by atoms with Crippen LogP contribution in [0.3, 0.4) is 0 Å². The highest BCUT2D eigenvalue weighted by Gasteiger charge is 2.24. The number of fused-ring (bicyclic) bond motifs is 1. The van der Waals surface area contributed by atoms with Crippen molar-refractivity contribution in [3.05, 3.63) is 59.4 Å². The van der Waals surface area contributed by atoms with Crippen molar-refractivity contribution in [2.24, 2.45) is 0 Å². The molecule has 0 fully saturated rings. The number of H-pyrrole nitrogens is 1. The van der Waals surface area contributed by atoms with Crippen molar-refractivity contribution in [3.8, 4) is 22.9 Å². The third-order valence-corrected chi connectivity index (χ3v) is 4.89. The van der Waals surface area contributed by atoms with Crippen LogP contribution < -0.4 is 14.4 Å². The van der Waals surface area contributed by atoms with Gasteiger partial charge in [-0.25, -0.2) is 13.8 Å². The second-order valence-corrected chi connectivity index (χ2v) is 6.58. The van der Waals surface area contributed by atoms with E-state index in [1.807, 2.05) is 13.0 Å². The summed E-state index contributed by atoms with van der Waals surface area (Å²) in [6, 6.07) is 7.48. The third-order valence-electron chi connectivity index (χ3n) is 4.89. The van der Waals surface area contributed by atoms with E-state index in [4.69, 9.17) is 9.47 Å². The number of aromatic nitrogens is 2. The maximum atomic E-state index is 14.1. The summed E-state index contributed by atoms with van der Waals surface area (Å²) in [6.45, 7) is 3.75. The van der Waals surface area contributed by atoms with Crippen molar-refractivity contribution in [3.63, 3.8) is 0 Å². The van der Waals surface area contributed by atoms with Crippen LogP contribution >= 0.6 is 0 Å². The molecule has 1 aromatic carbocycles. The first-order valence-corrected chi connectivity index (χ1v) is 9.17. The van der Waals surface area contributed by atoms with Gasteiger partial charge in [0.25, 0.3) is 0 Å². The Hall–Kier alpha value is -3.09. The van der Waals surface area contributed by atoms with Crippen LogP contribution in [-0.4, -0.2) is 30.2 Å². The lowest BCUT2D eigenvalue weighted by Gasteiger charge is -2.29. The zero-order valence-corrected chi connectivity index (χ0v) is 15.8. The molecule has 0 unspecified atom stereocenters. The molecular formula is C21H21F2N3O2. The molecule has 4 rings (SSSR count). The van der Waals surface area contributed by atoms with Gasteiger partial charge in [0.1, 0.15) is 17.4 Å². The van der Waals surface area contributed by atoms with Gasteiger partial charge in [-0.15, -0.1) is 0 Å². The number of methoxy groups -OCH3 is 1. The Morgan fingerprint density at radius 1 is 1.21 bits per heavy atom. The minimum atomic E-state index is -0.576. The molecular weight excluding hydrogens is 364 g/mol. The van der Waals surface area contributed by atoms with Crippen LogP contribution in [0.4, 0.5) is 14.5 Å². The molecule has 3 heterocycles. The molecule has 0 atom stereocenters. The SMILES string of the molecule is CCOc1cc(OC)c(N2CCc3[nH]c(-c4c(F)cccc4F)cc3C2)cn1. The summed E-state index contributed by atoms with van der Waals surface area (Å²) in [5.41, 5.74) is 3.28.